The molecule has 86 valence electrons. The molecule has 0 bridgehead atoms. The van der Waals surface area contributed by atoms with Crippen molar-refractivity contribution in [3.8, 4) is 6.07 Å². The highest BCUT2D eigenvalue weighted by Crippen LogP contribution is 2.23. The van der Waals surface area contributed by atoms with E-state index in [-0.39, 0.29) is 6.10 Å². The number of nitriles is 1. The minimum Gasteiger partial charge on any atom is -0.393 e. The van der Waals surface area contributed by atoms with Gasteiger partial charge >= 0.3 is 0 Å². The van der Waals surface area contributed by atoms with Crippen LogP contribution in [0, 0.1) is 17.2 Å². The van der Waals surface area contributed by atoms with Crippen LogP contribution in [-0.4, -0.2) is 23.8 Å². The van der Waals surface area contributed by atoms with Gasteiger partial charge in [-0.1, -0.05) is 19.8 Å². The number of hydrogen-bond acceptors (Lipinski definition) is 3. The van der Waals surface area contributed by atoms with Gasteiger partial charge in [0.2, 0.25) is 0 Å². The maximum atomic E-state index is 9.78. The molecule has 15 heavy (non-hydrogen) atoms. The smallest absolute Gasteiger partial charge is 0.0638 e. The Morgan fingerprint density at radius 1 is 1.47 bits per heavy atom. The molecule has 0 aliphatic heterocycles. The molecule has 0 amide bonds. The van der Waals surface area contributed by atoms with Crippen molar-refractivity contribution >= 4 is 0 Å². The number of aliphatic hydroxyl groups excluding tert-OH is 1. The van der Waals surface area contributed by atoms with Crippen LogP contribution in [0.2, 0.25) is 0 Å². The van der Waals surface area contributed by atoms with E-state index >= 15 is 0 Å². The predicted octanol–water partition coefficient (Wildman–Crippen LogP) is 1.82. The maximum Gasteiger partial charge on any atom is 0.0638 e. The van der Waals surface area contributed by atoms with Gasteiger partial charge in [0.15, 0.2) is 0 Å². The van der Waals surface area contributed by atoms with Gasteiger partial charge in [-0.3, -0.25) is 0 Å². The lowest BCUT2D eigenvalue weighted by Gasteiger charge is -2.29. The molecule has 3 nitrogen and oxygen atoms in total. The van der Waals surface area contributed by atoms with Gasteiger partial charge < -0.3 is 10.4 Å². The van der Waals surface area contributed by atoms with Gasteiger partial charge in [-0.05, 0) is 25.2 Å². The fraction of sp³-hybridized carbons (Fsp3) is 0.917. The van der Waals surface area contributed by atoms with Crippen LogP contribution in [0.3, 0.4) is 0 Å². The average Bonchev–Trinajstić information content (AvgIpc) is 2.26. The summed E-state index contributed by atoms with van der Waals surface area (Å²) in [7, 11) is 0. The number of nitrogens with one attached hydrogen (secondary N) is 1. The van der Waals surface area contributed by atoms with Crippen molar-refractivity contribution in [2.24, 2.45) is 5.92 Å². The zero-order chi connectivity index (χ0) is 11.1. The minimum atomic E-state index is -0.133. The number of aliphatic hydroxyl groups is 1. The minimum absolute atomic E-state index is 0.133. The van der Waals surface area contributed by atoms with Crippen molar-refractivity contribution in [1.82, 2.24) is 5.32 Å². The predicted molar refractivity (Wildman–Crippen MR) is 60.3 cm³/mol. The molecule has 0 aromatic rings. The Hall–Kier alpha value is -0.590. The largest absolute Gasteiger partial charge is 0.393 e. The molecule has 1 aliphatic rings. The summed E-state index contributed by atoms with van der Waals surface area (Å²) in [5, 5.41) is 21.8. The summed E-state index contributed by atoms with van der Waals surface area (Å²) in [6, 6.07) is 2.49. The molecule has 0 aromatic heterocycles. The van der Waals surface area contributed by atoms with Gasteiger partial charge in [-0.25, -0.2) is 0 Å². The van der Waals surface area contributed by atoms with Crippen LogP contribution in [0.4, 0.5) is 0 Å². The van der Waals surface area contributed by atoms with Gasteiger partial charge in [0.25, 0.3) is 0 Å². The lowest BCUT2D eigenvalue weighted by Crippen LogP contribution is -2.38. The zero-order valence-electron chi connectivity index (χ0n) is 9.58. The van der Waals surface area contributed by atoms with E-state index in [1.54, 1.807) is 0 Å². The van der Waals surface area contributed by atoms with Crippen LogP contribution in [0.25, 0.3) is 0 Å². The normalized spacial score (nSPS) is 28.3. The monoisotopic (exact) mass is 210 g/mol. The summed E-state index contributed by atoms with van der Waals surface area (Å²) < 4.78 is 0. The highest BCUT2D eigenvalue weighted by atomic mass is 16.3. The van der Waals surface area contributed by atoms with Crippen LogP contribution < -0.4 is 5.32 Å². The van der Waals surface area contributed by atoms with Crippen molar-refractivity contribution < 1.29 is 5.11 Å². The highest BCUT2D eigenvalue weighted by Gasteiger charge is 2.23. The number of rotatable bonds is 5. The lowest BCUT2D eigenvalue weighted by atomic mass is 9.86. The van der Waals surface area contributed by atoms with Crippen LogP contribution in [0.1, 0.15) is 45.4 Å². The third-order valence-electron chi connectivity index (χ3n) is 3.37. The fourth-order valence-electron chi connectivity index (χ4n) is 2.22. The Kier molecular flexibility index (Phi) is 5.67. The molecule has 3 heteroatoms. The van der Waals surface area contributed by atoms with Gasteiger partial charge in [-0.15, -0.1) is 0 Å². The second kappa shape index (κ2) is 6.81. The van der Waals surface area contributed by atoms with E-state index in [1.807, 2.05) is 0 Å². The van der Waals surface area contributed by atoms with Gasteiger partial charge in [0.1, 0.15) is 0 Å². The standard InChI is InChI=1S/C12H22N2O/c1-2-11(7-8-13)14-9-10-5-3-4-6-12(10)15/h10-12,14-15H,2-7,9H2,1H3. The Labute approximate surface area is 92.5 Å². The first-order chi connectivity index (χ1) is 7.27. The van der Waals surface area contributed by atoms with Crippen molar-refractivity contribution in [2.75, 3.05) is 6.54 Å². The Morgan fingerprint density at radius 3 is 2.80 bits per heavy atom. The maximum absolute atomic E-state index is 9.78. The van der Waals surface area contributed by atoms with E-state index in [0.717, 1.165) is 32.2 Å². The molecule has 2 N–H and O–H groups in total. The molecule has 1 saturated carbocycles. The van der Waals surface area contributed by atoms with E-state index in [0.29, 0.717) is 18.4 Å². The van der Waals surface area contributed by atoms with Crippen molar-refractivity contribution in [1.29, 1.82) is 5.26 Å². The van der Waals surface area contributed by atoms with E-state index in [4.69, 9.17) is 5.26 Å². The van der Waals surface area contributed by atoms with Crippen molar-refractivity contribution in [2.45, 2.75) is 57.6 Å². The summed E-state index contributed by atoms with van der Waals surface area (Å²) in [6.45, 7) is 2.95. The summed E-state index contributed by atoms with van der Waals surface area (Å²) in [4.78, 5) is 0. The molecule has 3 atom stereocenters. The van der Waals surface area contributed by atoms with Gasteiger partial charge in [-0.2, -0.15) is 5.26 Å². The first-order valence-electron chi connectivity index (χ1n) is 6.06. The van der Waals surface area contributed by atoms with E-state index in [9.17, 15) is 5.11 Å². The summed E-state index contributed by atoms with van der Waals surface area (Å²) in [5.41, 5.74) is 0. The van der Waals surface area contributed by atoms with Crippen LogP contribution in [-0.2, 0) is 0 Å². The first kappa shape index (κ1) is 12.5. The molecule has 0 spiro atoms. The molecule has 1 rings (SSSR count). The van der Waals surface area contributed by atoms with E-state index < -0.39 is 0 Å². The third-order valence-corrected chi connectivity index (χ3v) is 3.37. The first-order valence-corrected chi connectivity index (χ1v) is 6.06. The van der Waals surface area contributed by atoms with Gasteiger partial charge in [0, 0.05) is 12.6 Å². The Balaban J connectivity index is 2.25. The Morgan fingerprint density at radius 2 is 2.20 bits per heavy atom. The van der Waals surface area contributed by atoms with Gasteiger partial charge in [0.05, 0.1) is 18.6 Å². The lowest BCUT2D eigenvalue weighted by molar-refractivity contribution is 0.0681. The Bertz CT molecular complexity index is 212. The van der Waals surface area contributed by atoms with Crippen LogP contribution in [0.15, 0.2) is 0 Å². The summed E-state index contributed by atoms with van der Waals surface area (Å²) >= 11 is 0. The molecule has 0 saturated heterocycles. The SMILES string of the molecule is CCC(CC#N)NCC1CCCCC1O. The average molecular weight is 210 g/mol. The second-order valence-electron chi connectivity index (χ2n) is 4.49. The zero-order valence-corrected chi connectivity index (χ0v) is 9.58. The molecular weight excluding hydrogens is 188 g/mol. The van der Waals surface area contributed by atoms with Crippen LogP contribution >= 0.6 is 0 Å². The molecular formula is C12H22N2O. The molecule has 1 aliphatic carbocycles. The van der Waals surface area contributed by atoms with E-state index in [1.165, 1.54) is 6.42 Å². The van der Waals surface area contributed by atoms with Crippen LogP contribution in [0.5, 0.6) is 0 Å². The van der Waals surface area contributed by atoms with E-state index in [2.05, 4.69) is 18.3 Å². The molecule has 3 unspecified atom stereocenters. The quantitative estimate of drug-likeness (QED) is 0.727. The second-order valence-corrected chi connectivity index (χ2v) is 4.49. The number of hydrogen-bond donors (Lipinski definition) is 2. The topological polar surface area (TPSA) is 56.0 Å². The highest BCUT2D eigenvalue weighted by molar-refractivity contribution is 4.82. The van der Waals surface area contributed by atoms with Crippen molar-refractivity contribution in [3.05, 3.63) is 0 Å². The molecule has 0 heterocycles. The third kappa shape index (κ3) is 4.19. The molecule has 0 radical (unpaired) electrons. The van der Waals surface area contributed by atoms with Crippen molar-refractivity contribution in [3.63, 3.8) is 0 Å². The summed E-state index contributed by atoms with van der Waals surface area (Å²) in [6.07, 6.45) is 5.88. The fourth-order valence-corrected chi connectivity index (χ4v) is 2.22. The molecule has 0 aromatic carbocycles. The number of nitrogens with zero attached hydrogens (tertiary/aromatic N) is 1. The summed E-state index contributed by atoms with van der Waals surface area (Å²) in [5.74, 6) is 0.395. The molecule has 1 fully saturated rings.